The number of likely N-dealkylation sites (tertiary alicyclic amines) is 1. The van der Waals surface area contributed by atoms with Crippen LogP contribution in [0.15, 0.2) is 0 Å². The van der Waals surface area contributed by atoms with E-state index in [2.05, 4.69) is 10.2 Å². The van der Waals surface area contributed by atoms with Crippen LogP contribution in [0.1, 0.15) is 25.7 Å². The summed E-state index contributed by atoms with van der Waals surface area (Å²) in [6, 6.07) is 0. The Morgan fingerprint density at radius 1 is 0.960 bits per heavy atom. The SMILES string of the molecule is COCC1(C(=O)N2CCN(CC(=O)N3CCCC3)CC2)CCNCC1. The lowest BCUT2D eigenvalue weighted by atomic mass is 9.78. The van der Waals surface area contributed by atoms with Crippen molar-refractivity contribution in [2.24, 2.45) is 5.41 Å². The van der Waals surface area contributed by atoms with E-state index in [1.807, 2.05) is 9.80 Å². The number of nitrogens with one attached hydrogen (secondary N) is 1. The predicted molar refractivity (Wildman–Crippen MR) is 95.2 cm³/mol. The monoisotopic (exact) mass is 352 g/mol. The largest absolute Gasteiger partial charge is 0.384 e. The topological polar surface area (TPSA) is 65.1 Å². The second kappa shape index (κ2) is 8.47. The van der Waals surface area contributed by atoms with Crippen LogP contribution in [-0.4, -0.2) is 99.1 Å². The molecule has 0 unspecified atom stereocenters. The van der Waals surface area contributed by atoms with Gasteiger partial charge in [-0.2, -0.15) is 0 Å². The van der Waals surface area contributed by atoms with Gasteiger partial charge in [-0.15, -0.1) is 0 Å². The van der Waals surface area contributed by atoms with Gasteiger partial charge < -0.3 is 19.9 Å². The van der Waals surface area contributed by atoms with E-state index >= 15 is 0 Å². The second-order valence-electron chi connectivity index (χ2n) is 7.62. The molecule has 0 radical (unpaired) electrons. The Morgan fingerprint density at radius 3 is 2.20 bits per heavy atom. The van der Waals surface area contributed by atoms with Crippen molar-refractivity contribution >= 4 is 11.8 Å². The molecular formula is C18H32N4O3. The number of rotatable bonds is 5. The number of nitrogens with zero attached hydrogens (tertiary/aromatic N) is 3. The Labute approximate surface area is 150 Å². The third kappa shape index (κ3) is 4.33. The van der Waals surface area contributed by atoms with Crippen molar-refractivity contribution in [2.75, 3.05) is 72.6 Å². The lowest BCUT2D eigenvalue weighted by Crippen LogP contribution is -2.57. The lowest BCUT2D eigenvalue weighted by Gasteiger charge is -2.42. The molecule has 0 bridgehead atoms. The van der Waals surface area contributed by atoms with Gasteiger partial charge in [0.05, 0.1) is 18.6 Å². The molecule has 3 heterocycles. The Morgan fingerprint density at radius 2 is 1.60 bits per heavy atom. The molecule has 0 saturated carbocycles. The van der Waals surface area contributed by atoms with E-state index in [9.17, 15) is 9.59 Å². The van der Waals surface area contributed by atoms with Gasteiger partial charge in [-0.25, -0.2) is 0 Å². The van der Waals surface area contributed by atoms with Crippen LogP contribution in [0.2, 0.25) is 0 Å². The number of carbonyl (C=O) groups is 2. The van der Waals surface area contributed by atoms with E-state index in [4.69, 9.17) is 4.74 Å². The molecule has 0 aromatic heterocycles. The summed E-state index contributed by atoms with van der Waals surface area (Å²) in [6.45, 7) is 7.56. The highest BCUT2D eigenvalue weighted by Crippen LogP contribution is 2.32. The maximum absolute atomic E-state index is 13.1. The molecule has 3 aliphatic heterocycles. The minimum atomic E-state index is -0.368. The van der Waals surface area contributed by atoms with Crippen molar-refractivity contribution in [3.8, 4) is 0 Å². The molecule has 7 heteroatoms. The number of piperazine rings is 1. The zero-order valence-corrected chi connectivity index (χ0v) is 15.5. The highest BCUT2D eigenvalue weighted by molar-refractivity contribution is 5.83. The maximum atomic E-state index is 13.1. The standard InChI is InChI=1S/C18H32N4O3/c1-25-15-18(4-6-19-7-5-18)17(24)22-12-10-20(11-13-22)14-16(23)21-8-2-3-9-21/h19H,2-15H2,1H3. The van der Waals surface area contributed by atoms with Crippen LogP contribution in [0, 0.1) is 5.41 Å². The smallest absolute Gasteiger partial charge is 0.236 e. The minimum Gasteiger partial charge on any atom is -0.384 e. The molecule has 3 rings (SSSR count). The number of methoxy groups -OCH3 is 1. The third-order valence-corrected chi connectivity index (χ3v) is 5.91. The van der Waals surface area contributed by atoms with Crippen LogP contribution in [0.5, 0.6) is 0 Å². The van der Waals surface area contributed by atoms with Gasteiger partial charge in [-0.3, -0.25) is 14.5 Å². The Kier molecular flexibility index (Phi) is 6.30. The van der Waals surface area contributed by atoms with Crippen molar-refractivity contribution in [3.63, 3.8) is 0 Å². The fourth-order valence-corrected chi connectivity index (χ4v) is 4.30. The van der Waals surface area contributed by atoms with Gasteiger partial charge in [0.1, 0.15) is 0 Å². The summed E-state index contributed by atoms with van der Waals surface area (Å²) in [7, 11) is 1.68. The summed E-state index contributed by atoms with van der Waals surface area (Å²) >= 11 is 0. The summed E-state index contributed by atoms with van der Waals surface area (Å²) in [4.78, 5) is 31.6. The van der Waals surface area contributed by atoms with Gasteiger partial charge in [0.15, 0.2) is 0 Å². The van der Waals surface area contributed by atoms with Crippen LogP contribution in [0.4, 0.5) is 0 Å². The van der Waals surface area contributed by atoms with Gasteiger partial charge in [-0.05, 0) is 38.8 Å². The average Bonchev–Trinajstić information content (AvgIpc) is 3.18. The molecule has 2 amide bonds. The first-order chi connectivity index (χ1) is 12.1. The fraction of sp³-hybridized carbons (Fsp3) is 0.889. The molecule has 7 nitrogen and oxygen atoms in total. The van der Waals surface area contributed by atoms with E-state index in [-0.39, 0.29) is 17.2 Å². The summed E-state index contributed by atoms with van der Waals surface area (Å²) in [5.41, 5.74) is -0.368. The highest BCUT2D eigenvalue weighted by Gasteiger charge is 2.42. The Balaban J connectivity index is 1.50. The van der Waals surface area contributed by atoms with E-state index in [0.717, 1.165) is 65.0 Å². The molecule has 3 fully saturated rings. The number of hydrogen-bond donors (Lipinski definition) is 1. The third-order valence-electron chi connectivity index (χ3n) is 5.91. The zero-order chi connectivity index (χ0) is 17.7. The van der Waals surface area contributed by atoms with E-state index in [0.29, 0.717) is 26.2 Å². The van der Waals surface area contributed by atoms with Gasteiger partial charge in [0, 0.05) is 46.4 Å². The highest BCUT2D eigenvalue weighted by atomic mass is 16.5. The molecular weight excluding hydrogens is 320 g/mol. The van der Waals surface area contributed by atoms with E-state index < -0.39 is 0 Å². The summed E-state index contributed by atoms with van der Waals surface area (Å²) in [5.74, 6) is 0.479. The predicted octanol–water partition coefficient (Wildman–Crippen LogP) is -0.231. The van der Waals surface area contributed by atoms with Gasteiger partial charge in [0.2, 0.25) is 11.8 Å². The van der Waals surface area contributed by atoms with E-state index in [1.165, 1.54) is 0 Å². The number of ether oxygens (including phenoxy) is 1. The van der Waals surface area contributed by atoms with Gasteiger partial charge in [0.25, 0.3) is 0 Å². The van der Waals surface area contributed by atoms with Crippen molar-refractivity contribution in [3.05, 3.63) is 0 Å². The van der Waals surface area contributed by atoms with Crippen LogP contribution in [-0.2, 0) is 14.3 Å². The summed E-state index contributed by atoms with van der Waals surface area (Å²) < 4.78 is 5.39. The molecule has 0 aliphatic carbocycles. The first kappa shape index (κ1) is 18.6. The van der Waals surface area contributed by atoms with Crippen LogP contribution >= 0.6 is 0 Å². The normalized spacial score (nSPS) is 24.5. The zero-order valence-electron chi connectivity index (χ0n) is 15.5. The average molecular weight is 352 g/mol. The van der Waals surface area contributed by atoms with Crippen LogP contribution in [0.3, 0.4) is 0 Å². The summed E-state index contributed by atoms with van der Waals surface area (Å²) in [6.07, 6.45) is 3.94. The quantitative estimate of drug-likeness (QED) is 0.740. The lowest BCUT2D eigenvalue weighted by molar-refractivity contribution is -0.149. The first-order valence-corrected chi connectivity index (χ1v) is 9.64. The van der Waals surface area contributed by atoms with Crippen molar-refractivity contribution in [1.82, 2.24) is 20.0 Å². The number of amides is 2. The van der Waals surface area contributed by atoms with Crippen LogP contribution < -0.4 is 5.32 Å². The maximum Gasteiger partial charge on any atom is 0.236 e. The fourth-order valence-electron chi connectivity index (χ4n) is 4.30. The molecule has 142 valence electrons. The Hall–Kier alpha value is -1.18. The van der Waals surface area contributed by atoms with Crippen molar-refractivity contribution in [1.29, 1.82) is 0 Å². The molecule has 0 aromatic carbocycles. The molecule has 3 saturated heterocycles. The minimum absolute atomic E-state index is 0.237. The van der Waals surface area contributed by atoms with Crippen molar-refractivity contribution in [2.45, 2.75) is 25.7 Å². The van der Waals surface area contributed by atoms with Gasteiger partial charge in [-0.1, -0.05) is 0 Å². The molecule has 0 spiro atoms. The van der Waals surface area contributed by atoms with E-state index in [1.54, 1.807) is 7.11 Å². The number of hydrogen-bond acceptors (Lipinski definition) is 5. The second-order valence-corrected chi connectivity index (χ2v) is 7.62. The van der Waals surface area contributed by atoms with Crippen molar-refractivity contribution < 1.29 is 14.3 Å². The molecule has 3 aliphatic rings. The molecule has 1 N–H and O–H groups in total. The van der Waals surface area contributed by atoms with Gasteiger partial charge >= 0.3 is 0 Å². The molecule has 0 atom stereocenters. The first-order valence-electron chi connectivity index (χ1n) is 9.64. The number of carbonyl (C=O) groups excluding carboxylic acids is 2. The molecule has 0 aromatic rings. The Bertz CT molecular complexity index is 459. The molecule has 25 heavy (non-hydrogen) atoms. The van der Waals surface area contributed by atoms with Crippen LogP contribution in [0.25, 0.3) is 0 Å². The number of piperidine rings is 1. The summed E-state index contributed by atoms with van der Waals surface area (Å²) in [5, 5.41) is 3.33.